The van der Waals surface area contributed by atoms with Crippen LogP contribution < -0.4 is 15.2 Å². The highest BCUT2D eigenvalue weighted by molar-refractivity contribution is 7.89. The van der Waals surface area contributed by atoms with E-state index in [1.807, 2.05) is 0 Å². The number of nitrogens with one attached hydrogen (secondary N) is 2. The molecule has 0 saturated heterocycles. The lowest BCUT2D eigenvalue weighted by atomic mass is 10.1. The van der Waals surface area contributed by atoms with Crippen LogP contribution in [-0.4, -0.2) is 57.1 Å². The second-order valence-corrected chi connectivity index (χ2v) is 11.3. The number of nitrogens with two attached hydrogens (primary N) is 1. The molecule has 0 atom stereocenters. The quantitative estimate of drug-likeness (QED) is 0.105. The van der Waals surface area contributed by atoms with Crippen LogP contribution in [-0.2, 0) is 30.8 Å². The van der Waals surface area contributed by atoms with Gasteiger partial charge in [-0.1, -0.05) is 68.3 Å². The Balaban J connectivity index is 1.68. The third kappa shape index (κ3) is 10.5. The van der Waals surface area contributed by atoms with Gasteiger partial charge in [0.1, 0.15) is 24.8 Å². The number of sulfonamides is 1. The highest BCUT2D eigenvalue weighted by Gasteiger charge is 2.19. The smallest absolute Gasteiger partial charge is 0.415 e. The van der Waals surface area contributed by atoms with Gasteiger partial charge in [0.15, 0.2) is 0 Å². The number of alkyl carbamates (subject to hydrolysis) is 1. The van der Waals surface area contributed by atoms with E-state index in [-0.39, 0.29) is 36.2 Å². The molecule has 0 fully saturated rings. The summed E-state index contributed by atoms with van der Waals surface area (Å²) < 4.78 is 39.3. The van der Waals surface area contributed by atoms with Gasteiger partial charge in [0, 0.05) is 31.1 Å². The molecule has 4 N–H and O–H groups in total. The van der Waals surface area contributed by atoms with Crippen LogP contribution in [0.1, 0.15) is 44.2 Å². The Kier molecular flexibility index (Phi) is 12.4. The topological polar surface area (TPSA) is 178 Å². The van der Waals surface area contributed by atoms with Crippen LogP contribution in [0.4, 0.5) is 9.59 Å². The standard InChI is InChI=1S/C31H36N4O8S/c1-3-4-7-17-35(21-23-9-8-10-25(20-23)29(32)34-30(37)42-19-18-41-22(2)36)31(38)43-26-15-13-24(14-16-26)27-11-5-6-12-28(27)44(33,39)40/h5-6,8-16,20H,3-4,7,17-19,21H2,1-2H3,(H2,32,34,37)(H2,33,39,40). The monoisotopic (exact) mass is 624 g/mol. The lowest BCUT2D eigenvalue weighted by Gasteiger charge is -2.22. The van der Waals surface area contributed by atoms with Gasteiger partial charge in [0.25, 0.3) is 0 Å². The van der Waals surface area contributed by atoms with Crippen LogP contribution in [0.2, 0.25) is 0 Å². The average Bonchev–Trinajstić information content (AvgIpc) is 2.99. The first kappa shape index (κ1) is 33.7. The molecule has 0 aliphatic carbocycles. The molecule has 0 radical (unpaired) electrons. The van der Waals surface area contributed by atoms with Crippen LogP contribution in [0.3, 0.4) is 0 Å². The van der Waals surface area contributed by atoms with Crippen molar-refractivity contribution in [2.45, 2.75) is 44.6 Å². The Morgan fingerprint density at radius 3 is 2.32 bits per heavy atom. The number of hydrogen-bond donors (Lipinski definition) is 3. The number of carbonyl (C=O) groups is 3. The van der Waals surface area contributed by atoms with Crippen LogP contribution in [0.25, 0.3) is 11.1 Å². The van der Waals surface area contributed by atoms with Crippen molar-refractivity contribution < 1.29 is 37.0 Å². The predicted octanol–water partition coefficient (Wildman–Crippen LogP) is 4.81. The van der Waals surface area contributed by atoms with Gasteiger partial charge in [-0.05, 0) is 41.8 Å². The second kappa shape index (κ2) is 16.2. The molecule has 3 aromatic carbocycles. The zero-order chi connectivity index (χ0) is 32.1. The van der Waals surface area contributed by atoms with Crippen LogP contribution in [0.5, 0.6) is 5.75 Å². The predicted molar refractivity (Wildman–Crippen MR) is 164 cm³/mol. The second-order valence-electron chi connectivity index (χ2n) is 9.74. The molecular weight excluding hydrogens is 588 g/mol. The fourth-order valence-electron chi connectivity index (χ4n) is 4.18. The summed E-state index contributed by atoms with van der Waals surface area (Å²) in [5, 5.41) is 15.9. The molecule has 0 unspecified atom stereocenters. The van der Waals surface area contributed by atoms with Gasteiger partial charge in [-0.2, -0.15) is 0 Å². The highest BCUT2D eigenvalue weighted by Crippen LogP contribution is 2.28. The number of ether oxygens (including phenoxy) is 3. The SMILES string of the molecule is CCCCCN(Cc1cccc(C(=N)NC(=O)OCCOC(C)=O)c1)C(=O)Oc1ccc(-c2ccccc2S(N)(=O)=O)cc1. The summed E-state index contributed by atoms with van der Waals surface area (Å²) in [5.74, 6) is -0.416. The number of primary sulfonamides is 1. The van der Waals surface area contributed by atoms with Gasteiger partial charge in [0.05, 0.1) is 4.90 Å². The third-order valence-electron chi connectivity index (χ3n) is 6.29. The third-order valence-corrected chi connectivity index (χ3v) is 7.26. The van der Waals surface area contributed by atoms with E-state index in [1.165, 1.54) is 13.0 Å². The molecular formula is C31H36N4O8S. The van der Waals surface area contributed by atoms with Gasteiger partial charge in [0.2, 0.25) is 10.0 Å². The van der Waals surface area contributed by atoms with E-state index in [4.69, 9.17) is 24.8 Å². The minimum absolute atomic E-state index is 0.00601. The summed E-state index contributed by atoms with van der Waals surface area (Å²) in [6.07, 6.45) is 1.19. The molecule has 234 valence electrons. The molecule has 0 spiro atoms. The summed E-state index contributed by atoms with van der Waals surface area (Å²) in [5.41, 5.74) is 2.14. The molecule has 3 rings (SSSR count). The average molecular weight is 625 g/mol. The number of carbonyl (C=O) groups excluding carboxylic acids is 3. The number of amides is 2. The Labute approximate surface area is 256 Å². The van der Waals surface area contributed by atoms with Gasteiger partial charge < -0.3 is 19.1 Å². The van der Waals surface area contributed by atoms with Crippen molar-refractivity contribution in [1.82, 2.24) is 10.2 Å². The lowest BCUT2D eigenvalue weighted by molar-refractivity contribution is -0.141. The minimum atomic E-state index is -3.93. The van der Waals surface area contributed by atoms with Crippen molar-refractivity contribution in [3.8, 4) is 16.9 Å². The molecule has 0 saturated carbocycles. The highest BCUT2D eigenvalue weighted by atomic mass is 32.2. The van der Waals surface area contributed by atoms with Gasteiger partial charge in [-0.25, -0.2) is 23.1 Å². The largest absolute Gasteiger partial charge is 0.462 e. The molecule has 0 aromatic heterocycles. The van der Waals surface area contributed by atoms with Gasteiger partial charge >= 0.3 is 18.2 Å². The van der Waals surface area contributed by atoms with Crippen LogP contribution >= 0.6 is 0 Å². The van der Waals surface area contributed by atoms with Crippen molar-refractivity contribution in [3.63, 3.8) is 0 Å². The van der Waals surface area contributed by atoms with Crippen molar-refractivity contribution >= 4 is 34.0 Å². The molecule has 0 aliphatic rings. The number of benzene rings is 3. The summed E-state index contributed by atoms with van der Waals surface area (Å²) in [6.45, 7) is 3.68. The minimum Gasteiger partial charge on any atom is -0.462 e. The van der Waals surface area contributed by atoms with Gasteiger partial charge in [-0.3, -0.25) is 15.5 Å². The molecule has 0 aliphatic heterocycles. The molecule has 3 aromatic rings. The summed E-state index contributed by atoms with van der Waals surface area (Å²) in [6, 6.07) is 19.7. The number of hydrogen-bond acceptors (Lipinski definition) is 9. The number of amidine groups is 1. The van der Waals surface area contributed by atoms with E-state index >= 15 is 0 Å². The number of rotatable bonds is 13. The summed E-state index contributed by atoms with van der Waals surface area (Å²) in [4.78, 5) is 37.6. The fraction of sp³-hybridized carbons (Fsp3) is 0.290. The van der Waals surface area contributed by atoms with E-state index in [2.05, 4.69) is 12.2 Å². The van der Waals surface area contributed by atoms with Gasteiger partial charge in [-0.15, -0.1) is 0 Å². The Morgan fingerprint density at radius 1 is 0.932 bits per heavy atom. The Morgan fingerprint density at radius 2 is 1.64 bits per heavy atom. The number of unbranched alkanes of at least 4 members (excludes halogenated alkanes) is 2. The maximum absolute atomic E-state index is 13.2. The van der Waals surface area contributed by atoms with Crippen molar-refractivity contribution in [2.75, 3.05) is 19.8 Å². The maximum atomic E-state index is 13.2. The van der Waals surface area contributed by atoms with Crippen LogP contribution in [0, 0.1) is 5.41 Å². The molecule has 44 heavy (non-hydrogen) atoms. The van der Waals surface area contributed by atoms with Crippen LogP contribution in [0.15, 0.2) is 77.7 Å². The van der Waals surface area contributed by atoms with E-state index in [9.17, 15) is 22.8 Å². The summed E-state index contributed by atoms with van der Waals surface area (Å²) >= 11 is 0. The number of nitrogens with zero attached hydrogens (tertiary/aromatic N) is 1. The summed E-state index contributed by atoms with van der Waals surface area (Å²) in [7, 11) is -3.93. The first-order valence-electron chi connectivity index (χ1n) is 13.9. The molecule has 2 amide bonds. The Hall–Kier alpha value is -4.75. The Bertz CT molecular complexity index is 1580. The normalized spacial score (nSPS) is 10.9. The van der Waals surface area contributed by atoms with Crippen molar-refractivity contribution in [3.05, 3.63) is 83.9 Å². The van der Waals surface area contributed by atoms with E-state index in [0.29, 0.717) is 28.8 Å². The molecule has 13 heteroatoms. The first-order valence-corrected chi connectivity index (χ1v) is 15.5. The lowest BCUT2D eigenvalue weighted by Crippen LogP contribution is -2.34. The maximum Gasteiger partial charge on any atom is 0.415 e. The zero-order valence-electron chi connectivity index (χ0n) is 24.6. The first-order chi connectivity index (χ1) is 21.0. The van der Waals surface area contributed by atoms with E-state index in [0.717, 1.165) is 19.3 Å². The molecule has 0 heterocycles. The molecule has 0 bridgehead atoms. The van der Waals surface area contributed by atoms with Crippen molar-refractivity contribution in [1.29, 1.82) is 5.41 Å². The molecule has 12 nitrogen and oxygen atoms in total. The van der Waals surface area contributed by atoms with E-state index in [1.54, 1.807) is 71.6 Å². The fourth-order valence-corrected chi connectivity index (χ4v) is 4.95. The zero-order valence-corrected chi connectivity index (χ0v) is 25.4. The van der Waals surface area contributed by atoms with E-state index < -0.39 is 28.2 Å². The van der Waals surface area contributed by atoms with Crippen molar-refractivity contribution in [2.24, 2.45) is 5.14 Å². The number of esters is 1.